The summed E-state index contributed by atoms with van der Waals surface area (Å²) in [5.41, 5.74) is 0.559. The summed E-state index contributed by atoms with van der Waals surface area (Å²) >= 11 is 12.7. The molecule has 0 radical (unpaired) electrons. The van der Waals surface area contributed by atoms with Crippen LogP contribution in [-0.2, 0) is 19.6 Å². The Labute approximate surface area is 176 Å². The number of imide groups is 1. The number of carbonyl (C=O) groups is 3. The van der Waals surface area contributed by atoms with Crippen molar-refractivity contribution in [2.45, 2.75) is 6.42 Å². The smallest absolute Gasteiger partial charge is 0.293 e. The number of nitrogens with zero attached hydrogens (tertiary/aromatic N) is 1. The van der Waals surface area contributed by atoms with E-state index >= 15 is 0 Å². The second-order valence-electron chi connectivity index (χ2n) is 5.77. The summed E-state index contributed by atoms with van der Waals surface area (Å²) in [5, 5.41) is 2.89. The first-order valence-corrected chi connectivity index (χ1v) is 11.4. The van der Waals surface area contributed by atoms with Gasteiger partial charge in [-0.15, -0.1) is 0 Å². The van der Waals surface area contributed by atoms with Crippen molar-refractivity contribution in [1.82, 2.24) is 14.9 Å². The zero-order valence-corrected chi connectivity index (χ0v) is 17.8. The molecule has 1 aliphatic heterocycles. The van der Waals surface area contributed by atoms with E-state index < -0.39 is 27.1 Å². The molecule has 28 heavy (non-hydrogen) atoms. The first-order chi connectivity index (χ1) is 13.1. The molecular formula is C16H17Cl2N3O5S2. The lowest BCUT2D eigenvalue weighted by atomic mass is 10.2. The lowest BCUT2D eigenvalue weighted by Gasteiger charge is -2.13. The second kappa shape index (κ2) is 9.75. The van der Waals surface area contributed by atoms with Gasteiger partial charge in [-0.2, -0.15) is 0 Å². The molecular weight excluding hydrogens is 449 g/mol. The van der Waals surface area contributed by atoms with Gasteiger partial charge in [0.1, 0.15) is 0 Å². The molecule has 0 aromatic heterocycles. The van der Waals surface area contributed by atoms with Crippen molar-refractivity contribution in [3.8, 4) is 0 Å². The summed E-state index contributed by atoms with van der Waals surface area (Å²) in [7, 11) is -3.36. The van der Waals surface area contributed by atoms with E-state index in [4.69, 9.17) is 23.2 Å². The van der Waals surface area contributed by atoms with Crippen LogP contribution in [0, 0.1) is 0 Å². The topological polar surface area (TPSA) is 113 Å². The third-order valence-electron chi connectivity index (χ3n) is 3.50. The molecule has 0 aliphatic carbocycles. The van der Waals surface area contributed by atoms with Gasteiger partial charge in [0.2, 0.25) is 15.9 Å². The average molecular weight is 466 g/mol. The van der Waals surface area contributed by atoms with Crippen molar-refractivity contribution in [2.24, 2.45) is 0 Å². The van der Waals surface area contributed by atoms with Crippen molar-refractivity contribution in [3.63, 3.8) is 0 Å². The fourth-order valence-corrected chi connectivity index (χ4v) is 3.99. The highest BCUT2D eigenvalue weighted by Gasteiger charge is 2.34. The number of hydrogen-bond donors (Lipinski definition) is 2. The van der Waals surface area contributed by atoms with E-state index in [0.717, 1.165) is 22.9 Å². The van der Waals surface area contributed by atoms with E-state index in [-0.39, 0.29) is 31.0 Å². The highest BCUT2D eigenvalue weighted by molar-refractivity contribution is 8.18. The van der Waals surface area contributed by atoms with Crippen LogP contribution in [0.5, 0.6) is 0 Å². The zero-order chi connectivity index (χ0) is 20.9. The SMILES string of the molecule is CS(=O)(=O)NCCC(=O)NCCN1C(=O)SC(=Cc2ccc(Cl)cc2Cl)C1=O. The van der Waals surface area contributed by atoms with E-state index in [1.807, 2.05) is 0 Å². The third-order valence-corrected chi connectivity index (χ3v) is 5.69. The largest absolute Gasteiger partial charge is 0.354 e. The zero-order valence-electron chi connectivity index (χ0n) is 14.7. The van der Waals surface area contributed by atoms with Gasteiger partial charge >= 0.3 is 0 Å². The minimum Gasteiger partial charge on any atom is -0.354 e. The Hall–Kier alpha value is -1.59. The van der Waals surface area contributed by atoms with Crippen LogP contribution in [0.25, 0.3) is 6.08 Å². The van der Waals surface area contributed by atoms with Gasteiger partial charge in [0.25, 0.3) is 11.1 Å². The summed E-state index contributed by atoms with van der Waals surface area (Å²) in [6, 6.07) is 4.80. The number of sulfonamides is 1. The van der Waals surface area contributed by atoms with Gasteiger partial charge in [-0.05, 0) is 35.5 Å². The molecule has 0 bridgehead atoms. The number of nitrogens with one attached hydrogen (secondary N) is 2. The molecule has 2 rings (SSSR count). The molecule has 8 nitrogen and oxygen atoms in total. The van der Waals surface area contributed by atoms with Crippen molar-refractivity contribution >= 4 is 68.1 Å². The van der Waals surface area contributed by atoms with Crippen LogP contribution in [0.15, 0.2) is 23.1 Å². The lowest BCUT2D eigenvalue weighted by molar-refractivity contribution is -0.124. The first kappa shape index (κ1) is 22.7. The molecule has 0 spiro atoms. The Morgan fingerprint density at radius 2 is 1.96 bits per heavy atom. The van der Waals surface area contributed by atoms with Gasteiger partial charge in [-0.25, -0.2) is 13.1 Å². The predicted molar refractivity (Wildman–Crippen MR) is 110 cm³/mol. The number of thioether (sulfide) groups is 1. The number of hydrogen-bond acceptors (Lipinski definition) is 6. The van der Waals surface area contributed by atoms with Crippen molar-refractivity contribution in [3.05, 3.63) is 38.7 Å². The lowest BCUT2D eigenvalue weighted by Crippen LogP contribution is -2.38. The fourth-order valence-electron chi connectivity index (χ4n) is 2.20. The first-order valence-electron chi connectivity index (χ1n) is 7.98. The number of carbonyl (C=O) groups excluding carboxylic acids is 3. The standard InChI is InChI=1S/C16H17Cl2N3O5S2/c1-28(25,26)20-5-4-14(22)19-6-7-21-15(23)13(27-16(21)24)8-10-2-3-11(17)9-12(10)18/h2-3,8-9,20H,4-7H2,1H3,(H,19,22). The predicted octanol–water partition coefficient (Wildman–Crippen LogP) is 2.09. The van der Waals surface area contributed by atoms with E-state index in [1.165, 1.54) is 12.1 Å². The molecule has 152 valence electrons. The van der Waals surface area contributed by atoms with Crippen molar-refractivity contribution < 1.29 is 22.8 Å². The molecule has 12 heteroatoms. The molecule has 1 saturated heterocycles. The van der Waals surface area contributed by atoms with Crippen LogP contribution in [0.2, 0.25) is 10.0 Å². The van der Waals surface area contributed by atoms with Gasteiger partial charge in [-0.3, -0.25) is 19.3 Å². The Kier molecular flexibility index (Phi) is 7.90. The molecule has 1 fully saturated rings. The maximum absolute atomic E-state index is 12.4. The Morgan fingerprint density at radius 1 is 1.25 bits per heavy atom. The summed E-state index contributed by atoms with van der Waals surface area (Å²) in [6.07, 6.45) is 2.46. The van der Waals surface area contributed by atoms with Crippen LogP contribution in [0.1, 0.15) is 12.0 Å². The normalized spacial score (nSPS) is 16.1. The quantitative estimate of drug-likeness (QED) is 0.568. The molecule has 1 aliphatic rings. The van der Waals surface area contributed by atoms with E-state index in [2.05, 4.69) is 10.0 Å². The highest BCUT2D eigenvalue weighted by atomic mass is 35.5. The van der Waals surface area contributed by atoms with Gasteiger partial charge in [-0.1, -0.05) is 29.3 Å². The van der Waals surface area contributed by atoms with Crippen molar-refractivity contribution in [1.29, 1.82) is 0 Å². The van der Waals surface area contributed by atoms with Gasteiger partial charge in [0.15, 0.2) is 0 Å². The summed E-state index contributed by atoms with van der Waals surface area (Å²) < 4.78 is 24.0. The fraction of sp³-hybridized carbons (Fsp3) is 0.312. The number of halogens is 2. The third kappa shape index (κ3) is 6.78. The molecule has 0 atom stereocenters. The van der Waals surface area contributed by atoms with Crippen LogP contribution in [0.3, 0.4) is 0 Å². The minimum atomic E-state index is -3.36. The monoisotopic (exact) mass is 465 g/mol. The minimum absolute atomic E-state index is 0.00159. The highest BCUT2D eigenvalue weighted by Crippen LogP contribution is 2.33. The Balaban J connectivity index is 1.88. The maximum atomic E-state index is 12.4. The van der Waals surface area contributed by atoms with Crippen LogP contribution in [-0.4, -0.2) is 56.3 Å². The molecule has 3 amide bonds. The Bertz CT molecular complexity index is 934. The number of amides is 3. The van der Waals surface area contributed by atoms with Crippen LogP contribution >= 0.6 is 35.0 Å². The second-order valence-corrected chi connectivity index (χ2v) is 9.44. The number of benzene rings is 1. The molecule has 1 heterocycles. The van der Waals surface area contributed by atoms with Crippen molar-refractivity contribution in [2.75, 3.05) is 25.9 Å². The van der Waals surface area contributed by atoms with Crippen LogP contribution in [0.4, 0.5) is 4.79 Å². The van der Waals surface area contributed by atoms with Gasteiger partial charge in [0.05, 0.1) is 11.2 Å². The molecule has 0 unspecified atom stereocenters. The molecule has 1 aromatic rings. The summed E-state index contributed by atoms with van der Waals surface area (Å²) in [4.78, 5) is 37.4. The molecule has 1 aromatic carbocycles. The van der Waals surface area contributed by atoms with Gasteiger partial charge in [0, 0.05) is 36.1 Å². The average Bonchev–Trinajstić information content (AvgIpc) is 2.83. The van der Waals surface area contributed by atoms with E-state index in [9.17, 15) is 22.8 Å². The van der Waals surface area contributed by atoms with Crippen LogP contribution < -0.4 is 10.0 Å². The maximum Gasteiger partial charge on any atom is 0.293 e. The van der Waals surface area contributed by atoms with Gasteiger partial charge < -0.3 is 5.32 Å². The summed E-state index contributed by atoms with van der Waals surface area (Å²) in [6.45, 7) is 0.0309. The Morgan fingerprint density at radius 3 is 2.61 bits per heavy atom. The summed E-state index contributed by atoms with van der Waals surface area (Å²) in [5.74, 6) is -0.874. The number of rotatable bonds is 8. The van der Waals surface area contributed by atoms with E-state index in [1.54, 1.807) is 12.1 Å². The molecule has 2 N–H and O–H groups in total. The molecule has 0 saturated carbocycles. The van der Waals surface area contributed by atoms with E-state index in [0.29, 0.717) is 15.6 Å².